The van der Waals surface area contributed by atoms with Crippen LogP contribution in [0.5, 0.6) is 0 Å². The van der Waals surface area contributed by atoms with E-state index >= 15 is 0 Å². The molecule has 0 unspecified atom stereocenters. The van der Waals surface area contributed by atoms with Crippen molar-refractivity contribution in [1.29, 1.82) is 0 Å². The molecule has 1 N–H and O–H groups in total. The van der Waals surface area contributed by atoms with Gasteiger partial charge in [0.2, 0.25) is 5.91 Å². The number of Topliss-reactive ketones (excluding diaryl/α,β-unsaturated/α-hetero) is 1. The third-order valence-corrected chi connectivity index (χ3v) is 5.23. The van der Waals surface area contributed by atoms with Crippen molar-refractivity contribution in [3.05, 3.63) is 82.3 Å². The maximum atomic E-state index is 14.3. The minimum Gasteiger partial charge on any atom is -0.329 e. The summed E-state index contributed by atoms with van der Waals surface area (Å²) in [6.07, 6.45) is 0.450. The van der Waals surface area contributed by atoms with Gasteiger partial charge in [-0.1, -0.05) is 24.3 Å². The first kappa shape index (κ1) is 17.5. The van der Waals surface area contributed by atoms with E-state index in [0.717, 1.165) is 11.6 Å². The number of amides is 1. The first-order valence-electron chi connectivity index (χ1n) is 8.69. The topological polar surface area (TPSA) is 46.2 Å². The molecule has 2 aliphatic rings. The third kappa shape index (κ3) is 3.16. The zero-order chi connectivity index (χ0) is 19.1. The second-order valence-corrected chi connectivity index (χ2v) is 6.92. The second kappa shape index (κ2) is 6.68. The number of hydrogen-bond acceptors (Lipinski definition) is 2. The molecule has 0 radical (unpaired) electrons. The molecular formula is C21H16F3NO2. The van der Waals surface area contributed by atoms with E-state index in [1.54, 1.807) is 12.1 Å². The molecule has 3 nitrogen and oxygen atoms in total. The van der Waals surface area contributed by atoms with Gasteiger partial charge in [0.25, 0.3) is 0 Å². The van der Waals surface area contributed by atoms with Gasteiger partial charge in [0.15, 0.2) is 17.4 Å². The number of carbonyl (C=O) groups is 2. The summed E-state index contributed by atoms with van der Waals surface area (Å²) in [4.78, 5) is 25.0. The van der Waals surface area contributed by atoms with Crippen LogP contribution in [0.4, 0.5) is 13.2 Å². The van der Waals surface area contributed by atoms with Crippen molar-refractivity contribution in [3.63, 3.8) is 0 Å². The predicted octanol–water partition coefficient (Wildman–Crippen LogP) is 4.11. The Kier molecular flexibility index (Phi) is 4.34. The molecule has 2 aromatic rings. The molecule has 1 aliphatic carbocycles. The number of nitrogens with one attached hydrogen (secondary N) is 1. The molecule has 27 heavy (non-hydrogen) atoms. The monoisotopic (exact) mass is 371 g/mol. The maximum absolute atomic E-state index is 14.3. The van der Waals surface area contributed by atoms with Crippen LogP contribution >= 0.6 is 0 Å². The van der Waals surface area contributed by atoms with Crippen LogP contribution < -0.4 is 5.32 Å². The average molecular weight is 371 g/mol. The highest BCUT2D eigenvalue weighted by molar-refractivity contribution is 6.02. The highest BCUT2D eigenvalue weighted by atomic mass is 19.2. The number of rotatable bonds is 2. The highest BCUT2D eigenvalue weighted by Gasteiger charge is 2.39. The van der Waals surface area contributed by atoms with Crippen LogP contribution in [-0.2, 0) is 9.59 Å². The second-order valence-electron chi connectivity index (χ2n) is 6.92. The van der Waals surface area contributed by atoms with Gasteiger partial charge in [0.05, 0.1) is 0 Å². The van der Waals surface area contributed by atoms with E-state index in [0.29, 0.717) is 17.7 Å². The Morgan fingerprint density at radius 2 is 1.63 bits per heavy atom. The molecule has 138 valence electrons. The molecule has 6 heteroatoms. The average Bonchev–Trinajstić information content (AvgIpc) is 2.63. The van der Waals surface area contributed by atoms with Crippen LogP contribution in [0.3, 0.4) is 0 Å². The normalized spacial score (nSPS) is 22.5. The fourth-order valence-corrected chi connectivity index (χ4v) is 3.99. The Morgan fingerprint density at radius 3 is 2.37 bits per heavy atom. The van der Waals surface area contributed by atoms with E-state index < -0.39 is 17.6 Å². The van der Waals surface area contributed by atoms with Crippen molar-refractivity contribution >= 4 is 11.7 Å². The van der Waals surface area contributed by atoms with E-state index in [2.05, 4.69) is 5.32 Å². The summed E-state index contributed by atoms with van der Waals surface area (Å²) in [5.74, 6) is -3.95. The molecule has 4 rings (SSSR count). The van der Waals surface area contributed by atoms with E-state index in [-0.39, 0.29) is 41.8 Å². The van der Waals surface area contributed by atoms with Crippen molar-refractivity contribution in [2.24, 2.45) is 0 Å². The van der Waals surface area contributed by atoms with Gasteiger partial charge in [-0.05, 0) is 41.7 Å². The standard InChI is InChI=1S/C21H16F3NO2/c22-13-6-4-11(5-7-13)12-8-17-20(18(26)9-12)15(10-19(27)25-17)14-2-1-3-16(23)21(14)24/h1-7,12,15H,8-10H2,(H,25,27)/t12-,15-/m1/s1. The van der Waals surface area contributed by atoms with Gasteiger partial charge >= 0.3 is 0 Å². The Morgan fingerprint density at radius 1 is 0.889 bits per heavy atom. The lowest BCUT2D eigenvalue weighted by molar-refractivity contribution is -0.122. The fraction of sp³-hybridized carbons (Fsp3) is 0.238. The number of ketones is 1. The van der Waals surface area contributed by atoms with Gasteiger partial charge in [-0.2, -0.15) is 0 Å². The fourth-order valence-electron chi connectivity index (χ4n) is 3.99. The summed E-state index contributed by atoms with van der Waals surface area (Å²) < 4.78 is 41.1. The molecule has 0 aromatic heterocycles. The zero-order valence-corrected chi connectivity index (χ0v) is 14.3. The van der Waals surface area contributed by atoms with Crippen molar-refractivity contribution in [1.82, 2.24) is 5.32 Å². The number of carbonyl (C=O) groups excluding carboxylic acids is 2. The van der Waals surface area contributed by atoms with Crippen LogP contribution in [0.25, 0.3) is 0 Å². The Balaban J connectivity index is 1.74. The van der Waals surface area contributed by atoms with Crippen molar-refractivity contribution < 1.29 is 22.8 Å². The van der Waals surface area contributed by atoms with Crippen LogP contribution in [0.1, 0.15) is 42.2 Å². The maximum Gasteiger partial charge on any atom is 0.225 e. The first-order valence-corrected chi connectivity index (χ1v) is 8.69. The lowest BCUT2D eigenvalue weighted by atomic mass is 9.73. The van der Waals surface area contributed by atoms with Crippen molar-refractivity contribution in [2.45, 2.75) is 31.1 Å². The zero-order valence-electron chi connectivity index (χ0n) is 14.3. The Hall–Kier alpha value is -2.89. The van der Waals surface area contributed by atoms with Crippen LogP contribution in [0, 0.1) is 17.5 Å². The summed E-state index contributed by atoms with van der Waals surface area (Å²) in [7, 11) is 0. The SMILES string of the molecule is O=C1C[C@H](c2cccc(F)c2F)C2=C(C[C@@H](c3ccc(F)cc3)CC2=O)N1. The van der Waals surface area contributed by atoms with Gasteiger partial charge in [0, 0.05) is 30.0 Å². The van der Waals surface area contributed by atoms with E-state index in [1.165, 1.54) is 24.3 Å². The summed E-state index contributed by atoms with van der Waals surface area (Å²) in [6, 6.07) is 9.67. The highest BCUT2D eigenvalue weighted by Crippen LogP contribution is 2.43. The summed E-state index contributed by atoms with van der Waals surface area (Å²) in [5, 5.41) is 2.72. The number of benzene rings is 2. The number of halogens is 3. The van der Waals surface area contributed by atoms with Gasteiger partial charge < -0.3 is 5.32 Å². The summed E-state index contributed by atoms with van der Waals surface area (Å²) in [5.41, 5.74) is 1.61. The number of hydrogen-bond donors (Lipinski definition) is 1. The largest absolute Gasteiger partial charge is 0.329 e. The molecule has 0 spiro atoms. The smallest absolute Gasteiger partial charge is 0.225 e. The minimum atomic E-state index is -1.03. The van der Waals surface area contributed by atoms with Crippen LogP contribution in [-0.4, -0.2) is 11.7 Å². The molecule has 0 saturated carbocycles. The van der Waals surface area contributed by atoms with Crippen LogP contribution in [0.2, 0.25) is 0 Å². The molecule has 0 fully saturated rings. The van der Waals surface area contributed by atoms with Crippen molar-refractivity contribution in [3.8, 4) is 0 Å². The summed E-state index contributed by atoms with van der Waals surface area (Å²) >= 11 is 0. The molecular weight excluding hydrogens is 355 g/mol. The van der Waals surface area contributed by atoms with E-state index in [1.807, 2.05) is 0 Å². The number of allylic oxidation sites excluding steroid dienone is 2. The quantitative estimate of drug-likeness (QED) is 0.864. The molecule has 1 amide bonds. The van der Waals surface area contributed by atoms with Crippen LogP contribution in [0.15, 0.2) is 53.7 Å². The van der Waals surface area contributed by atoms with Gasteiger partial charge in [0.1, 0.15) is 5.82 Å². The molecule has 0 bridgehead atoms. The molecule has 0 saturated heterocycles. The first-order chi connectivity index (χ1) is 12.9. The third-order valence-electron chi connectivity index (χ3n) is 5.23. The molecule has 1 heterocycles. The van der Waals surface area contributed by atoms with Gasteiger partial charge in [-0.25, -0.2) is 13.2 Å². The van der Waals surface area contributed by atoms with E-state index in [4.69, 9.17) is 0 Å². The van der Waals surface area contributed by atoms with Crippen molar-refractivity contribution in [2.75, 3.05) is 0 Å². The lowest BCUT2D eigenvalue weighted by Gasteiger charge is -2.34. The lowest BCUT2D eigenvalue weighted by Crippen LogP contribution is -2.38. The Bertz CT molecular complexity index is 966. The predicted molar refractivity (Wildman–Crippen MR) is 92.3 cm³/mol. The summed E-state index contributed by atoms with van der Waals surface area (Å²) in [6.45, 7) is 0. The molecule has 2 atom stereocenters. The van der Waals surface area contributed by atoms with E-state index in [9.17, 15) is 22.8 Å². The molecule has 2 aromatic carbocycles. The van der Waals surface area contributed by atoms with Gasteiger partial charge in [-0.3, -0.25) is 9.59 Å². The van der Waals surface area contributed by atoms with Gasteiger partial charge in [-0.15, -0.1) is 0 Å². The Labute approximate surface area is 153 Å². The minimum absolute atomic E-state index is 0.0194. The molecule has 1 aliphatic heterocycles.